The van der Waals surface area contributed by atoms with Gasteiger partial charge in [-0.3, -0.25) is 9.63 Å². The van der Waals surface area contributed by atoms with Gasteiger partial charge in [-0.15, -0.1) is 0 Å². The molecule has 2 fully saturated rings. The van der Waals surface area contributed by atoms with E-state index >= 15 is 0 Å². The highest BCUT2D eigenvalue weighted by Crippen LogP contribution is 2.37. The summed E-state index contributed by atoms with van der Waals surface area (Å²) in [6, 6.07) is 2.58. The van der Waals surface area contributed by atoms with Crippen LogP contribution in [-0.2, 0) is 14.4 Å². The van der Waals surface area contributed by atoms with Crippen LogP contribution in [0.1, 0.15) is 51.6 Å². The standard InChI is InChI=1S/C19H24F2N2O4/c1-19(2,3)27-18(25)22-15-8-12(9-15)17(24)23-16(4-5-26-23)11-6-13(20)10-14(21)7-11/h6-7,10,12,15-16H,4-5,8-9H2,1-3H3,(H,22,25)/t12-,15+,16-/m0/s1. The molecule has 0 aromatic heterocycles. The van der Waals surface area contributed by atoms with E-state index in [1.54, 1.807) is 20.8 Å². The van der Waals surface area contributed by atoms with Crippen LogP contribution in [-0.4, -0.2) is 35.3 Å². The molecule has 148 valence electrons. The minimum Gasteiger partial charge on any atom is -0.444 e. The van der Waals surface area contributed by atoms with E-state index in [1.807, 2.05) is 0 Å². The summed E-state index contributed by atoms with van der Waals surface area (Å²) in [5.41, 5.74) is -0.207. The lowest BCUT2D eigenvalue weighted by Gasteiger charge is -2.37. The van der Waals surface area contributed by atoms with Gasteiger partial charge in [-0.1, -0.05) is 0 Å². The van der Waals surface area contributed by atoms with E-state index in [0.29, 0.717) is 31.4 Å². The fourth-order valence-corrected chi connectivity index (χ4v) is 3.35. The maximum Gasteiger partial charge on any atom is 0.407 e. The van der Waals surface area contributed by atoms with Crippen molar-refractivity contribution in [1.82, 2.24) is 10.4 Å². The molecule has 0 bridgehead atoms. The summed E-state index contributed by atoms with van der Waals surface area (Å²) in [5.74, 6) is -1.91. The maximum absolute atomic E-state index is 13.5. The molecule has 1 saturated carbocycles. The van der Waals surface area contributed by atoms with Gasteiger partial charge in [0, 0.05) is 24.4 Å². The third-order valence-electron chi connectivity index (χ3n) is 4.60. The molecule has 0 spiro atoms. The van der Waals surface area contributed by atoms with Gasteiger partial charge in [-0.05, 0) is 51.3 Å². The van der Waals surface area contributed by atoms with Gasteiger partial charge in [-0.25, -0.2) is 18.6 Å². The van der Waals surface area contributed by atoms with E-state index in [-0.39, 0.29) is 17.9 Å². The van der Waals surface area contributed by atoms with Gasteiger partial charge in [-0.2, -0.15) is 0 Å². The number of hydroxylamine groups is 2. The SMILES string of the molecule is CC(C)(C)OC(=O)N[C@H]1C[C@@H](C(=O)N2OCC[C@H]2c2cc(F)cc(F)c2)C1. The smallest absolute Gasteiger partial charge is 0.407 e. The monoisotopic (exact) mass is 382 g/mol. The molecular formula is C19H24F2N2O4. The normalized spacial score (nSPS) is 25.1. The predicted octanol–water partition coefficient (Wildman–Crippen LogP) is 3.47. The van der Waals surface area contributed by atoms with E-state index in [4.69, 9.17) is 9.57 Å². The van der Waals surface area contributed by atoms with Crippen LogP contribution in [0.2, 0.25) is 0 Å². The number of hydrogen-bond acceptors (Lipinski definition) is 4. The van der Waals surface area contributed by atoms with Crippen molar-refractivity contribution in [2.45, 2.75) is 57.7 Å². The van der Waals surface area contributed by atoms with Crippen molar-refractivity contribution in [2.75, 3.05) is 6.61 Å². The van der Waals surface area contributed by atoms with Gasteiger partial charge in [0.2, 0.25) is 5.91 Å². The summed E-state index contributed by atoms with van der Waals surface area (Å²) < 4.78 is 32.2. The van der Waals surface area contributed by atoms with Crippen molar-refractivity contribution >= 4 is 12.0 Å². The summed E-state index contributed by atoms with van der Waals surface area (Å²) in [6.45, 7) is 5.64. The van der Waals surface area contributed by atoms with Gasteiger partial charge in [0.25, 0.3) is 0 Å². The number of hydrogen-bond donors (Lipinski definition) is 1. The zero-order chi connectivity index (χ0) is 19.8. The third-order valence-corrected chi connectivity index (χ3v) is 4.60. The first kappa shape index (κ1) is 19.5. The van der Waals surface area contributed by atoms with Gasteiger partial charge < -0.3 is 10.1 Å². The number of carbonyl (C=O) groups excluding carboxylic acids is 2. The lowest BCUT2D eigenvalue weighted by Crippen LogP contribution is -2.50. The molecular weight excluding hydrogens is 358 g/mol. The van der Waals surface area contributed by atoms with Crippen molar-refractivity contribution in [1.29, 1.82) is 0 Å². The summed E-state index contributed by atoms with van der Waals surface area (Å²) in [4.78, 5) is 29.9. The summed E-state index contributed by atoms with van der Waals surface area (Å²) in [6.07, 6.45) is 0.912. The highest BCUT2D eigenvalue weighted by atomic mass is 19.1. The van der Waals surface area contributed by atoms with E-state index < -0.39 is 29.4 Å². The molecule has 8 heteroatoms. The number of benzene rings is 1. The van der Waals surface area contributed by atoms with Gasteiger partial charge in [0.15, 0.2) is 0 Å². The zero-order valence-electron chi connectivity index (χ0n) is 15.6. The summed E-state index contributed by atoms with van der Waals surface area (Å²) in [7, 11) is 0. The fraction of sp³-hybridized carbons (Fsp3) is 0.579. The molecule has 1 atom stereocenters. The van der Waals surface area contributed by atoms with Crippen LogP contribution < -0.4 is 5.32 Å². The number of amides is 2. The van der Waals surface area contributed by atoms with Crippen molar-refractivity contribution in [3.63, 3.8) is 0 Å². The quantitative estimate of drug-likeness (QED) is 0.869. The maximum atomic E-state index is 13.5. The topological polar surface area (TPSA) is 67.9 Å². The Morgan fingerprint density at radius 2 is 1.81 bits per heavy atom. The molecule has 2 amide bonds. The lowest BCUT2D eigenvalue weighted by molar-refractivity contribution is -0.185. The molecule has 0 radical (unpaired) electrons. The molecule has 0 unspecified atom stereocenters. The Labute approximate surface area is 156 Å². The van der Waals surface area contributed by atoms with Crippen molar-refractivity contribution < 1.29 is 27.9 Å². The minimum atomic E-state index is -0.686. The Kier molecular flexibility index (Phi) is 5.37. The molecule has 1 heterocycles. The second-order valence-corrected chi connectivity index (χ2v) is 8.02. The average molecular weight is 382 g/mol. The molecule has 1 aromatic rings. The first-order chi connectivity index (χ1) is 12.6. The van der Waals surface area contributed by atoms with Gasteiger partial charge in [0.1, 0.15) is 17.2 Å². The average Bonchev–Trinajstić information content (AvgIpc) is 2.96. The summed E-state index contributed by atoms with van der Waals surface area (Å²) >= 11 is 0. The second kappa shape index (κ2) is 7.42. The lowest BCUT2D eigenvalue weighted by atomic mass is 9.79. The molecule has 1 aromatic carbocycles. The Hall–Kier alpha value is -2.22. The summed E-state index contributed by atoms with van der Waals surface area (Å²) in [5, 5.41) is 3.96. The minimum absolute atomic E-state index is 0.138. The van der Waals surface area contributed by atoms with Crippen molar-refractivity contribution in [3.8, 4) is 0 Å². The van der Waals surface area contributed by atoms with E-state index in [9.17, 15) is 18.4 Å². The number of carbonyl (C=O) groups is 2. The number of nitrogens with zero attached hydrogens (tertiary/aromatic N) is 1. The van der Waals surface area contributed by atoms with Crippen LogP contribution in [0.25, 0.3) is 0 Å². The highest BCUT2D eigenvalue weighted by molar-refractivity contribution is 5.80. The van der Waals surface area contributed by atoms with Crippen LogP contribution in [0.4, 0.5) is 13.6 Å². The third kappa shape index (κ3) is 4.74. The molecule has 6 nitrogen and oxygen atoms in total. The number of nitrogens with one attached hydrogen (secondary N) is 1. The van der Waals surface area contributed by atoms with E-state index in [2.05, 4.69) is 5.32 Å². The van der Waals surface area contributed by atoms with Gasteiger partial charge in [0.05, 0.1) is 12.6 Å². The number of halogens is 2. The molecule has 2 aliphatic rings. The first-order valence-electron chi connectivity index (χ1n) is 9.04. The first-order valence-corrected chi connectivity index (χ1v) is 9.04. The molecule has 1 N–H and O–H groups in total. The highest BCUT2D eigenvalue weighted by Gasteiger charge is 2.42. The molecule has 3 rings (SSSR count). The number of alkyl carbamates (subject to hydrolysis) is 1. The predicted molar refractivity (Wildman–Crippen MR) is 92.4 cm³/mol. The van der Waals surface area contributed by atoms with Crippen molar-refractivity contribution in [3.05, 3.63) is 35.4 Å². The fourth-order valence-electron chi connectivity index (χ4n) is 3.35. The Balaban J connectivity index is 1.56. The molecule has 1 saturated heterocycles. The van der Waals surface area contributed by atoms with Gasteiger partial charge >= 0.3 is 6.09 Å². The van der Waals surface area contributed by atoms with Crippen LogP contribution in [0.3, 0.4) is 0 Å². The molecule has 1 aliphatic carbocycles. The molecule has 27 heavy (non-hydrogen) atoms. The van der Waals surface area contributed by atoms with Crippen LogP contribution in [0.15, 0.2) is 18.2 Å². The number of ether oxygens (including phenoxy) is 1. The van der Waals surface area contributed by atoms with Crippen LogP contribution in [0.5, 0.6) is 0 Å². The van der Waals surface area contributed by atoms with Crippen LogP contribution >= 0.6 is 0 Å². The Bertz CT molecular complexity index is 709. The largest absolute Gasteiger partial charge is 0.444 e. The van der Waals surface area contributed by atoms with E-state index in [0.717, 1.165) is 6.07 Å². The Morgan fingerprint density at radius 3 is 2.41 bits per heavy atom. The zero-order valence-corrected chi connectivity index (χ0v) is 15.6. The number of rotatable bonds is 3. The van der Waals surface area contributed by atoms with E-state index in [1.165, 1.54) is 17.2 Å². The van der Waals surface area contributed by atoms with Crippen LogP contribution in [0, 0.1) is 17.6 Å². The molecule has 1 aliphatic heterocycles. The Morgan fingerprint density at radius 1 is 1.19 bits per heavy atom. The second-order valence-electron chi connectivity index (χ2n) is 8.02. The van der Waals surface area contributed by atoms with Crippen molar-refractivity contribution in [2.24, 2.45) is 5.92 Å².